The summed E-state index contributed by atoms with van der Waals surface area (Å²) in [5.41, 5.74) is 2.76. The van der Waals surface area contributed by atoms with Crippen LogP contribution in [0.15, 0.2) is 54.2 Å². The van der Waals surface area contributed by atoms with Crippen LogP contribution in [0.2, 0.25) is 0 Å². The lowest BCUT2D eigenvalue weighted by Gasteiger charge is -2.19. The molecule has 2 amide bonds. The third-order valence-electron chi connectivity index (χ3n) is 4.84. The van der Waals surface area contributed by atoms with Gasteiger partial charge in [-0.25, -0.2) is 4.39 Å². The molecular formula is C23H25FN2O3. The molecule has 0 radical (unpaired) electrons. The molecule has 5 nitrogen and oxygen atoms in total. The van der Waals surface area contributed by atoms with Gasteiger partial charge in [0, 0.05) is 12.8 Å². The molecule has 0 saturated carbocycles. The van der Waals surface area contributed by atoms with Crippen molar-refractivity contribution in [1.82, 2.24) is 4.90 Å². The van der Waals surface area contributed by atoms with Gasteiger partial charge in [-0.3, -0.25) is 14.5 Å². The first-order valence-corrected chi connectivity index (χ1v) is 9.45. The maximum atomic E-state index is 13.4. The van der Waals surface area contributed by atoms with Gasteiger partial charge < -0.3 is 10.1 Å². The van der Waals surface area contributed by atoms with Crippen LogP contribution in [0, 0.1) is 5.82 Å². The van der Waals surface area contributed by atoms with Crippen LogP contribution in [0.5, 0.6) is 0 Å². The molecule has 0 saturated heterocycles. The van der Waals surface area contributed by atoms with E-state index < -0.39 is 17.6 Å². The smallest absolute Gasteiger partial charge is 0.278 e. The molecule has 29 heavy (non-hydrogen) atoms. The Labute approximate surface area is 170 Å². The number of anilines is 1. The van der Waals surface area contributed by atoms with Crippen molar-refractivity contribution in [3.63, 3.8) is 0 Å². The summed E-state index contributed by atoms with van der Waals surface area (Å²) in [4.78, 5) is 27.1. The standard InChI is InChI=1S/C23H25FN2O3/c1-23(2,3)16-7-11-18(12-8-16)25-20-19(15-5-9-17(24)10-6-15)21(27)26(22(20)28)13-14-29-4/h5-12,25H,13-14H2,1-4H3. The highest BCUT2D eigenvalue weighted by Crippen LogP contribution is 2.31. The average molecular weight is 396 g/mol. The second-order valence-electron chi connectivity index (χ2n) is 7.96. The van der Waals surface area contributed by atoms with Gasteiger partial charge in [-0.1, -0.05) is 45.0 Å². The Bertz CT molecular complexity index is 942. The molecule has 0 bridgehead atoms. The van der Waals surface area contributed by atoms with Crippen LogP contribution < -0.4 is 5.32 Å². The SMILES string of the molecule is COCCN1C(=O)C(Nc2ccc(C(C)(C)C)cc2)=C(c2ccc(F)cc2)C1=O. The summed E-state index contributed by atoms with van der Waals surface area (Å²) >= 11 is 0. The number of nitrogens with zero attached hydrogens (tertiary/aromatic N) is 1. The highest BCUT2D eigenvalue weighted by Gasteiger charge is 2.39. The van der Waals surface area contributed by atoms with Gasteiger partial charge >= 0.3 is 0 Å². The molecule has 152 valence electrons. The van der Waals surface area contributed by atoms with Crippen LogP contribution in [-0.2, 0) is 19.7 Å². The normalized spacial score (nSPS) is 14.7. The Kier molecular flexibility index (Phi) is 5.84. The summed E-state index contributed by atoms with van der Waals surface area (Å²) in [7, 11) is 1.51. The quantitative estimate of drug-likeness (QED) is 0.751. The molecule has 2 aromatic rings. The van der Waals surface area contributed by atoms with Gasteiger partial charge in [-0.2, -0.15) is 0 Å². The lowest BCUT2D eigenvalue weighted by molar-refractivity contribution is -0.137. The zero-order valence-corrected chi connectivity index (χ0v) is 17.1. The Balaban J connectivity index is 1.98. The summed E-state index contributed by atoms with van der Waals surface area (Å²) in [6, 6.07) is 13.3. The second kappa shape index (κ2) is 8.17. The Morgan fingerprint density at radius 1 is 0.966 bits per heavy atom. The predicted molar refractivity (Wildman–Crippen MR) is 111 cm³/mol. The summed E-state index contributed by atoms with van der Waals surface area (Å²) in [6.07, 6.45) is 0. The van der Waals surface area contributed by atoms with Crippen LogP contribution in [0.4, 0.5) is 10.1 Å². The van der Waals surface area contributed by atoms with E-state index in [1.54, 1.807) is 0 Å². The largest absolute Gasteiger partial charge is 0.383 e. The molecule has 1 N–H and O–H groups in total. The van der Waals surface area contributed by atoms with E-state index in [0.29, 0.717) is 11.3 Å². The Morgan fingerprint density at radius 3 is 2.14 bits per heavy atom. The summed E-state index contributed by atoms with van der Waals surface area (Å²) in [5.74, 6) is -1.26. The summed E-state index contributed by atoms with van der Waals surface area (Å²) in [6.45, 7) is 6.75. The molecule has 0 aliphatic carbocycles. The van der Waals surface area contributed by atoms with Crippen molar-refractivity contribution in [3.8, 4) is 0 Å². The minimum absolute atomic E-state index is 0.00711. The predicted octanol–water partition coefficient (Wildman–Crippen LogP) is 3.96. The van der Waals surface area contributed by atoms with Gasteiger partial charge in [0.05, 0.1) is 18.7 Å². The summed E-state index contributed by atoms with van der Waals surface area (Å²) in [5, 5.41) is 3.10. The number of carbonyl (C=O) groups is 2. The van der Waals surface area contributed by atoms with E-state index in [4.69, 9.17) is 4.74 Å². The highest BCUT2D eigenvalue weighted by atomic mass is 19.1. The fourth-order valence-corrected chi connectivity index (χ4v) is 3.16. The van der Waals surface area contributed by atoms with Crippen molar-refractivity contribution < 1.29 is 18.7 Å². The van der Waals surface area contributed by atoms with Crippen molar-refractivity contribution in [2.45, 2.75) is 26.2 Å². The zero-order valence-electron chi connectivity index (χ0n) is 17.1. The molecule has 0 spiro atoms. The number of amides is 2. The average Bonchev–Trinajstić information content (AvgIpc) is 2.90. The van der Waals surface area contributed by atoms with Gasteiger partial charge in [0.1, 0.15) is 11.5 Å². The molecule has 0 fully saturated rings. The zero-order chi connectivity index (χ0) is 21.2. The number of ether oxygens (including phenoxy) is 1. The number of rotatable bonds is 6. The lowest BCUT2D eigenvalue weighted by atomic mass is 9.87. The first-order valence-electron chi connectivity index (χ1n) is 9.45. The van der Waals surface area contributed by atoms with E-state index in [2.05, 4.69) is 26.1 Å². The van der Waals surface area contributed by atoms with Gasteiger partial charge in [-0.05, 0) is 40.8 Å². The first-order chi connectivity index (χ1) is 13.7. The number of hydrogen-bond acceptors (Lipinski definition) is 4. The molecule has 2 aromatic carbocycles. The molecule has 0 aromatic heterocycles. The van der Waals surface area contributed by atoms with Crippen molar-refractivity contribution in [1.29, 1.82) is 0 Å². The first kappa shape index (κ1) is 20.7. The fraction of sp³-hybridized carbons (Fsp3) is 0.304. The third kappa shape index (κ3) is 4.38. The highest BCUT2D eigenvalue weighted by molar-refractivity contribution is 6.36. The van der Waals surface area contributed by atoms with Crippen LogP contribution in [0.3, 0.4) is 0 Å². The van der Waals surface area contributed by atoms with Crippen molar-refractivity contribution in [3.05, 3.63) is 71.2 Å². The molecule has 6 heteroatoms. The molecule has 1 aliphatic rings. The van der Waals surface area contributed by atoms with Crippen LogP contribution in [-0.4, -0.2) is 37.0 Å². The van der Waals surface area contributed by atoms with E-state index in [1.165, 1.54) is 31.4 Å². The lowest BCUT2D eigenvalue weighted by Crippen LogP contribution is -2.35. The van der Waals surface area contributed by atoms with Gasteiger partial charge in [0.2, 0.25) is 0 Å². The number of carbonyl (C=O) groups excluding carboxylic acids is 2. The minimum atomic E-state index is -0.425. The Hall–Kier alpha value is -2.99. The molecule has 0 atom stereocenters. The van der Waals surface area contributed by atoms with Crippen LogP contribution in [0.25, 0.3) is 5.57 Å². The number of nitrogens with one attached hydrogen (secondary N) is 1. The summed E-state index contributed by atoms with van der Waals surface area (Å²) < 4.78 is 18.4. The van der Waals surface area contributed by atoms with Crippen molar-refractivity contribution >= 4 is 23.1 Å². The van der Waals surface area contributed by atoms with Gasteiger partial charge in [-0.15, -0.1) is 0 Å². The van der Waals surface area contributed by atoms with Crippen LogP contribution in [0.1, 0.15) is 31.9 Å². The maximum absolute atomic E-state index is 13.4. The van der Waals surface area contributed by atoms with E-state index in [-0.39, 0.29) is 29.8 Å². The van der Waals surface area contributed by atoms with Gasteiger partial charge in [0.15, 0.2) is 0 Å². The monoisotopic (exact) mass is 396 g/mol. The number of methoxy groups -OCH3 is 1. The third-order valence-corrected chi connectivity index (χ3v) is 4.84. The molecule has 0 unspecified atom stereocenters. The molecular weight excluding hydrogens is 371 g/mol. The Morgan fingerprint density at radius 2 is 1.59 bits per heavy atom. The number of imide groups is 1. The molecule has 1 aliphatic heterocycles. The second-order valence-corrected chi connectivity index (χ2v) is 7.96. The minimum Gasteiger partial charge on any atom is -0.383 e. The topological polar surface area (TPSA) is 58.6 Å². The van der Waals surface area contributed by atoms with Crippen molar-refractivity contribution in [2.75, 3.05) is 25.6 Å². The van der Waals surface area contributed by atoms with E-state index in [0.717, 1.165) is 10.5 Å². The number of hydrogen-bond donors (Lipinski definition) is 1. The van der Waals surface area contributed by atoms with Crippen LogP contribution >= 0.6 is 0 Å². The molecule has 1 heterocycles. The molecule has 3 rings (SSSR count). The fourth-order valence-electron chi connectivity index (χ4n) is 3.16. The number of halogens is 1. The van der Waals surface area contributed by atoms with E-state index in [1.807, 2.05) is 24.3 Å². The maximum Gasteiger partial charge on any atom is 0.278 e. The van der Waals surface area contributed by atoms with Gasteiger partial charge in [0.25, 0.3) is 11.8 Å². The van der Waals surface area contributed by atoms with E-state index >= 15 is 0 Å². The number of benzene rings is 2. The van der Waals surface area contributed by atoms with Crippen molar-refractivity contribution in [2.24, 2.45) is 0 Å². The van der Waals surface area contributed by atoms with E-state index in [9.17, 15) is 14.0 Å².